The molecule has 0 spiro atoms. The Labute approximate surface area is 97.3 Å². The number of hydrogen-bond acceptors (Lipinski definition) is 5. The Morgan fingerprint density at radius 1 is 1.29 bits per heavy atom. The zero-order valence-electron chi connectivity index (χ0n) is 8.83. The fourth-order valence-corrected chi connectivity index (χ4v) is 1.63. The van der Waals surface area contributed by atoms with E-state index in [9.17, 15) is 14.7 Å². The highest BCUT2D eigenvalue weighted by atomic mass is 16.4. The summed E-state index contributed by atoms with van der Waals surface area (Å²) in [6, 6.07) is 8.20. The monoisotopic (exact) mass is 233 g/mol. The molecule has 6 nitrogen and oxygen atoms in total. The van der Waals surface area contributed by atoms with Crippen LogP contribution in [0, 0.1) is 0 Å². The highest BCUT2D eigenvalue weighted by molar-refractivity contribution is 6.18. The molecule has 0 saturated heterocycles. The minimum atomic E-state index is -1.82. The summed E-state index contributed by atoms with van der Waals surface area (Å²) in [7, 11) is 0. The molecular weight excluding hydrogens is 222 g/mol. The molecule has 1 atom stereocenters. The van der Waals surface area contributed by atoms with Crippen molar-refractivity contribution in [2.24, 2.45) is 5.84 Å². The molecule has 0 amide bonds. The van der Waals surface area contributed by atoms with Gasteiger partial charge in [0.1, 0.15) is 0 Å². The summed E-state index contributed by atoms with van der Waals surface area (Å²) in [4.78, 5) is 23.4. The van der Waals surface area contributed by atoms with Crippen LogP contribution in [0.15, 0.2) is 42.6 Å². The van der Waals surface area contributed by atoms with Gasteiger partial charge in [0.2, 0.25) is 5.54 Å². The maximum absolute atomic E-state index is 12.2. The van der Waals surface area contributed by atoms with Gasteiger partial charge in [0, 0.05) is 11.8 Å². The van der Waals surface area contributed by atoms with Crippen molar-refractivity contribution >= 4 is 11.8 Å². The van der Waals surface area contributed by atoms with Crippen molar-refractivity contribution in [2.45, 2.75) is 5.54 Å². The Bertz CT molecular complexity index is 486. The second-order valence-electron chi connectivity index (χ2n) is 3.64. The highest BCUT2D eigenvalue weighted by Gasteiger charge is 2.47. The third-order valence-corrected chi connectivity index (χ3v) is 2.52. The molecule has 17 heavy (non-hydrogen) atoms. The number of carbonyl (C=O) groups is 2. The predicted octanol–water partition coefficient (Wildman–Crippen LogP) is -0.0997. The molecule has 1 unspecified atom stereocenters. The van der Waals surface area contributed by atoms with Gasteiger partial charge < -0.3 is 5.11 Å². The first kappa shape index (κ1) is 11.3. The molecule has 1 aliphatic rings. The summed E-state index contributed by atoms with van der Waals surface area (Å²) < 4.78 is 0. The second kappa shape index (κ2) is 4.00. The summed E-state index contributed by atoms with van der Waals surface area (Å²) in [5.41, 5.74) is 0.900. The van der Waals surface area contributed by atoms with Crippen molar-refractivity contribution < 1.29 is 14.7 Å². The van der Waals surface area contributed by atoms with E-state index in [2.05, 4.69) is 5.43 Å². The van der Waals surface area contributed by atoms with Crippen LogP contribution in [0.3, 0.4) is 0 Å². The number of carboxylic acid groups (broad SMARTS) is 1. The molecule has 1 aromatic rings. The maximum atomic E-state index is 12.2. The number of benzene rings is 1. The van der Waals surface area contributed by atoms with Gasteiger partial charge in [-0.15, -0.1) is 0 Å². The van der Waals surface area contributed by atoms with Gasteiger partial charge in [-0.25, -0.2) is 10.6 Å². The summed E-state index contributed by atoms with van der Waals surface area (Å²) in [5, 5.41) is 10.1. The molecule has 0 aliphatic carbocycles. The van der Waals surface area contributed by atoms with Crippen molar-refractivity contribution in [3.8, 4) is 0 Å². The number of ketones is 1. The number of rotatable bonds is 3. The molecule has 1 aliphatic heterocycles. The third kappa shape index (κ3) is 1.79. The summed E-state index contributed by atoms with van der Waals surface area (Å²) in [5.74, 6) is 3.53. The fraction of sp³-hybridized carbons (Fsp3) is 0.0909. The first-order valence-corrected chi connectivity index (χ1v) is 4.90. The minimum Gasteiger partial charge on any atom is -0.479 e. The van der Waals surface area contributed by atoms with Crippen LogP contribution in [0.4, 0.5) is 0 Å². The van der Waals surface area contributed by atoms with E-state index in [4.69, 9.17) is 5.84 Å². The number of carbonyl (C=O) groups excluding carboxylic acids is 1. The smallest absolute Gasteiger partial charge is 0.338 e. The third-order valence-electron chi connectivity index (χ3n) is 2.52. The fourth-order valence-electron chi connectivity index (χ4n) is 1.63. The lowest BCUT2D eigenvalue weighted by Crippen LogP contribution is -2.59. The first-order chi connectivity index (χ1) is 8.06. The molecule has 0 aromatic heterocycles. The normalized spacial score (nSPS) is 22.8. The van der Waals surface area contributed by atoms with Gasteiger partial charge in [-0.2, -0.15) is 5.43 Å². The van der Waals surface area contributed by atoms with Crippen molar-refractivity contribution in [3.63, 3.8) is 0 Å². The van der Waals surface area contributed by atoms with Gasteiger partial charge in [0.25, 0.3) is 0 Å². The number of nitrogens with two attached hydrogens (primary N) is 1. The summed E-state index contributed by atoms with van der Waals surface area (Å²) >= 11 is 0. The van der Waals surface area contributed by atoms with E-state index < -0.39 is 17.3 Å². The number of hydrogen-bond donors (Lipinski definition) is 3. The molecule has 0 fully saturated rings. The number of nitrogens with one attached hydrogen (secondary N) is 1. The second-order valence-corrected chi connectivity index (χ2v) is 3.64. The van der Waals surface area contributed by atoms with Crippen LogP contribution in [-0.2, 0) is 4.79 Å². The Morgan fingerprint density at radius 2 is 1.94 bits per heavy atom. The number of Topliss-reactive ketones (excluding diaryl/α,β-unsaturated/α-hetero) is 1. The minimum absolute atomic E-state index is 0.308. The van der Waals surface area contributed by atoms with Gasteiger partial charge >= 0.3 is 5.97 Å². The van der Waals surface area contributed by atoms with Gasteiger partial charge in [-0.05, 0) is 6.08 Å². The molecule has 88 valence electrons. The molecule has 0 saturated carbocycles. The lowest BCUT2D eigenvalue weighted by Gasteiger charge is -2.23. The van der Waals surface area contributed by atoms with E-state index >= 15 is 0 Å². The number of aliphatic carboxylic acids is 1. The van der Waals surface area contributed by atoms with Crippen LogP contribution in [0.2, 0.25) is 0 Å². The number of hydrazine groups is 2. The molecular formula is C11H11N3O3. The number of carboxylic acids is 1. The average Bonchev–Trinajstić information content (AvgIpc) is 2.73. The van der Waals surface area contributed by atoms with E-state index in [0.29, 0.717) is 5.56 Å². The molecule has 1 aromatic carbocycles. The van der Waals surface area contributed by atoms with E-state index in [1.807, 2.05) is 0 Å². The molecule has 4 N–H and O–H groups in total. The lowest BCUT2D eigenvalue weighted by molar-refractivity contribution is -0.141. The maximum Gasteiger partial charge on any atom is 0.338 e. The van der Waals surface area contributed by atoms with Gasteiger partial charge in [0.15, 0.2) is 5.78 Å². The van der Waals surface area contributed by atoms with Gasteiger partial charge in [-0.3, -0.25) is 9.91 Å². The van der Waals surface area contributed by atoms with Crippen LogP contribution >= 0.6 is 0 Å². The largest absolute Gasteiger partial charge is 0.479 e. The zero-order valence-corrected chi connectivity index (χ0v) is 8.83. The van der Waals surface area contributed by atoms with Gasteiger partial charge in [-0.1, -0.05) is 30.3 Å². The number of nitrogens with zero attached hydrogens (tertiary/aromatic N) is 1. The first-order valence-electron chi connectivity index (χ1n) is 4.90. The van der Waals surface area contributed by atoms with E-state index in [1.54, 1.807) is 30.3 Å². The summed E-state index contributed by atoms with van der Waals surface area (Å²) in [6.07, 6.45) is 2.53. The Morgan fingerprint density at radius 3 is 2.41 bits per heavy atom. The molecule has 6 heteroatoms. The summed E-state index contributed by atoms with van der Waals surface area (Å²) in [6.45, 7) is 0. The SMILES string of the molecule is NN1C=CC(C(=O)O)(C(=O)c2ccccc2)N1. The van der Waals surface area contributed by atoms with Crippen LogP contribution in [-0.4, -0.2) is 27.5 Å². The Balaban J connectivity index is 2.40. The molecule has 2 rings (SSSR count). The van der Waals surface area contributed by atoms with Crippen molar-refractivity contribution in [2.75, 3.05) is 0 Å². The molecule has 0 bridgehead atoms. The highest BCUT2D eigenvalue weighted by Crippen LogP contribution is 2.20. The molecule has 0 radical (unpaired) electrons. The van der Waals surface area contributed by atoms with Crippen LogP contribution in [0.5, 0.6) is 0 Å². The molecule has 1 heterocycles. The topological polar surface area (TPSA) is 95.7 Å². The van der Waals surface area contributed by atoms with E-state index in [0.717, 1.165) is 5.12 Å². The lowest BCUT2D eigenvalue weighted by atomic mass is 9.90. The Hall–Kier alpha value is -2.18. The van der Waals surface area contributed by atoms with E-state index in [1.165, 1.54) is 12.3 Å². The standard InChI is InChI=1S/C11H11N3O3/c12-14-7-6-11(13-14,10(16)17)9(15)8-4-2-1-3-5-8/h1-7,13H,12H2,(H,16,17). The Kier molecular flexibility index (Phi) is 2.66. The van der Waals surface area contributed by atoms with Crippen molar-refractivity contribution in [1.29, 1.82) is 0 Å². The van der Waals surface area contributed by atoms with Gasteiger partial charge in [0.05, 0.1) is 0 Å². The van der Waals surface area contributed by atoms with Crippen molar-refractivity contribution in [1.82, 2.24) is 10.5 Å². The van der Waals surface area contributed by atoms with E-state index in [-0.39, 0.29) is 0 Å². The predicted molar refractivity (Wildman–Crippen MR) is 59.4 cm³/mol. The van der Waals surface area contributed by atoms with Crippen LogP contribution < -0.4 is 11.3 Å². The van der Waals surface area contributed by atoms with Crippen molar-refractivity contribution in [3.05, 3.63) is 48.2 Å². The van der Waals surface area contributed by atoms with Crippen LogP contribution in [0.1, 0.15) is 10.4 Å². The average molecular weight is 233 g/mol. The zero-order chi connectivity index (χ0) is 12.5. The quantitative estimate of drug-likeness (QED) is 0.383. The van der Waals surface area contributed by atoms with Crippen LogP contribution in [0.25, 0.3) is 0 Å².